The Bertz CT molecular complexity index is 1280. The Morgan fingerprint density at radius 1 is 1.16 bits per heavy atom. The Kier molecular flexibility index (Phi) is 7.27. The summed E-state index contributed by atoms with van der Waals surface area (Å²) in [7, 11) is -1.47. The van der Waals surface area contributed by atoms with Crippen LogP contribution in [0, 0.1) is 11.8 Å². The van der Waals surface area contributed by atoms with Crippen molar-refractivity contribution in [2.75, 3.05) is 30.3 Å². The van der Waals surface area contributed by atoms with E-state index in [1.807, 2.05) is 30.4 Å². The van der Waals surface area contributed by atoms with E-state index in [1.165, 1.54) is 11.1 Å². The third kappa shape index (κ3) is 5.01. The highest BCUT2D eigenvalue weighted by Gasteiger charge is 2.44. The number of benzene rings is 2. The fourth-order valence-electron chi connectivity index (χ4n) is 6.78. The van der Waals surface area contributed by atoms with Crippen molar-refractivity contribution in [3.8, 4) is 5.75 Å². The van der Waals surface area contributed by atoms with Gasteiger partial charge in [0.2, 0.25) is 0 Å². The number of carbonyl (C=O) groups excluding carboxylic acids is 1. The van der Waals surface area contributed by atoms with Crippen LogP contribution in [-0.4, -0.2) is 46.8 Å². The molecule has 2 heterocycles. The summed E-state index contributed by atoms with van der Waals surface area (Å²) >= 11 is 6.37. The minimum Gasteiger partial charge on any atom is -0.490 e. The number of anilines is 1. The summed E-state index contributed by atoms with van der Waals surface area (Å²) in [5.41, 5.74) is 3.78. The number of aliphatic hydroxyl groups excluding tert-OH is 1. The van der Waals surface area contributed by atoms with Crippen LogP contribution < -0.4 is 14.4 Å². The van der Waals surface area contributed by atoms with E-state index in [1.54, 1.807) is 6.07 Å². The van der Waals surface area contributed by atoms with Crippen LogP contribution >= 0.6 is 11.6 Å². The molecule has 38 heavy (non-hydrogen) atoms. The van der Waals surface area contributed by atoms with Crippen LogP contribution in [0.4, 0.5) is 5.69 Å². The number of aliphatic hydroxyl groups is 1. The molecule has 4 aliphatic rings. The third-order valence-electron chi connectivity index (χ3n) is 8.95. The molecule has 202 valence electrons. The van der Waals surface area contributed by atoms with Crippen LogP contribution in [0.15, 0.2) is 48.6 Å². The lowest BCUT2D eigenvalue weighted by atomic mass is 9.68. The summed E-state index contributed by atoms with van der Waals surface area (Å²) in [6, 6.07) is 11.8. The molecule has 0 saturated heterocycles. The maximum atomic E-state index is 13.0. The summed E-state index contributed by atoms with van der Waals surface area (Å²) in [6.45, 7) is 2.12. The molecule has 8 heteroatoms. The van der Waals surface area contributed by atoms with Crippen molar-refractivity contribution in [3.05, 3.63) is 70.3 Å². The number of nitrogens with one attached hydrogen (secondary N) is 1. The van der Waals surface area contributed by atoms with Crippen molar-refractivity contribution in [2.45, 2.75) is 56.5 Å². The quantitative estimate of drug-likeness (QED) is 0.451. The predicted molar refractivity (Wildman–Crippen MR) is 151 cm³/mol. The van der Waals surface area contributed by atoms with E-state index in [2.05, 4.69) is 21.8 Å². The molecule has 1 fully saturated rings. The summed E-state index contributed by atoms with van der Waals surface area (Å²) < 4.78 is 21.7. The monoisotopic (exact) mass is 554 g/mol. The van der Waals surface area contributed by atoms with Crippen LogP contribution in [0.1, 0.15) is 60.0 Å². The molecule has 2 aliphatic carbocycles. The highest BCUT2D eigenvalue weighted by atomic mass is 35.5. The maximum absolute atomic E-state index is 13.0. The van der Waals surface area contributed by atoms with Gasteiger partial charge in [-0.25, -0.2) is 4.21 Å². The van der Waals surface area contributed by atoms with Crippen molar-refractivity contribution in [3.63, 3.8) is 0 Å². The standard InChI is InChI=1S/C30H35ClN2O4S/c31-23-9-11-25-20(15-23)5-4-13-30(25)18-33-17-22-7-10-24(22)27(34)6-2-1-3-14-38(36)32-29(35)21-8-12-28(37-19-30)26(33)16-21/h1-2,8-9,11-12,15-16,22,24,27,34H,3-7,10,13-14,17-19H2,(H,32,35)/b2-1-. The number of fused-ring (bicyclic) bond motifs is 4. The van der Waals surface area contributed by atoms with Gasteiger partial charge in [0, 0.05) is 34.8 Å². The van der Waals surface area contributed by atoms with Gasteiger partial charge in [-0.1, -0.05) is 29.8 Å². The minimum atomic E-state index is -1.47. The number of halogens is 1. The molecule has 1 spiro atoms. The number of allylic oxidation sites excluding steroid dienone is 1. The molecule has 6 rings (SSSR count). The molecule has 2 aliphatic heterocycles. The van der Waals surface area contributed by atoms with Gasteiger partial charge in [0.15, 0.2) is 0 Å². The predicted octanol–water partition coefficient (Wildman–Crippen LogP) is 4.94. The van der Waals surface area contributed by atoms with Crippen LogP contribution in [0.2, 0.25) is 5.02 Å². The molecule has 2 N–H and O–H groups in total. The van der Waals surface area contributed by atoms with E-state index in [0.29, 0.717) is 36.7 Å². The summed E-state index contributed by atoms with van der Waals surface area (Å²) in [5.74, 6) is 1.38. The van der Waals surface area contributed by atoms with E-state index in [4.69, 9.17) is 16.3 Å². The minimum absolute atomic E-state index is 0.192. The molecule has 2 aromatic carbocycles. The van der Waals surface area contributed by atoms with Gasteiger partial charge in [-0.2, -0.15) is 0 Å². The third-order valence-corrected chi connectivity index (χ3v) is 10.2. The Morgan fingerprint density at radius 2 is 2.05 bits per heavy atom. The number of hydrogen-bond donors (Lipinski definition) is 2. The van der Waals surface area contributed by atoms with Crippen LogP contribution in [0.3, 0.4) is 0 Å². The Balaban J connectivity index is 1.40. The first kappa shape index (κ1) is 25.9. The lowest BCUT2D eigenvalue weighted by molar-refractivity contribution is 0.0177. The maximum Gasteiger partial charge on any atom is 0.263 e. The highest BCUT2D eigenvalue weighted by Crippen LogP contribution is 2.46. The molecule has 6 nitrogen and oxygen atoms in total. The van der Waals surface area contributed by atoms with Gasteiger partial charge < -0.3 is 14.7 Å². The number of aryl methyl sites for hydroxylation is 1. The van der Waals surface area contributed by atoms with E-state index in [9.17, 15) is 14.1 Å². The van der Waals surface area contributed by atoms with E-state index in [-0.39, 0.29) is 23.3 Å². The molecule has 5 atom stereocenters. The first-order valence-corrected chi connectivity index (χ1v) is 15.4. The molecular formula is C30H35ClN2O4S. The van der Waals surface area contributed by atoms with Crippen LogP contribution in [0.5, 0.6) is 5.75 Å². The molecule has 2 bridgehead atoms. The Morgan fingerprint density at radius 3 is 2.89 bits per heavy atom. The van der Waals surface area contributed by atoms with Crippen molar-refractivity contribution < 1.29 is 18.8 Å². The fraction of sp³-hybridized carbons (Fsp3) is 0.500. The molecule has 2 aromatic rings. The molecule has 5 unspecified atom stereocenters. The zero-order valence-corrected chi connectivity index (χ0v) is 23.1. The lowest BCUT2D eigenvalue weighted by Gasteiger charge is -2.45. The molecule has 0 aromatic heterocycles. The summed E-state index contributed by atoms with van der Waals surface area (Å²) in [4.78, 5) is 15.4. The highest BCUT2D eigenvalue weighted by molar-refractivity contribution is 7.83. The van der Waals surface area contributed by atoms with E-state index in [0.717, 1.165) is 61.7 Å². The van der Waals surface area contributed by atoms with Gasteiger partial charge in [-0.15, -0.1) is 0 Å². The summed E-state index contributed by atoms with van der Waals surface area (Å²) in [6.07, 6.45) is 9.95. The number of nitrogens with zero attached hydrogens (tertiary/aromatic N) is 1. The Labute approximate surface area is 232 Å². The second-order valence-corrected chi connectivity index (χ2v) is 13.1. The van der Waals surface area contributed by atoms with Crippen LogP contribution in [-0.2, 0) is 22.8 Å². The summed E-state index contributed by atoms with van der Waals surface area (Å²) in [5, 5.41) is 11.8. The van der Waals surface area contributed by atoms with Gasteiger partial charge in [0.1, 0.15) is 16.7 Å². The van der Waals surface area contributed by atoms with Crippen molar-refractivity contribution in [1.82, 2.24) is 4.72 Å². The molecule has 1 amide bonds. The van der Waals surface area contributed by atoms with Gasteiger partial charge in [0.05, 0.1) is 18.4 Å². The second kappa shape index (κ2) is 10.7. The van der Waals surface area contributed by atoms with Gasteiger partial charge >= 0.3 is 0 Å². The van der Waals surface area contributed by atoms with Gasteiger partial charge in [-0.3, -0.25) is 9.52 Å². The molecule has 1 saturated carbocycles. The number of amides is 1. The first-order chi connectivity index (χ1) is 18.4. The van der Waals surface area contributed by atoms with Crippen molar-refractivity contribution in [2.24, 2.45) is 11.8 Å². The normalized spacial score (nSPS) is 32.2. The zero-order chi connectivity index (χ0) is 26.3. The van der Waals surface area contributed by atoms with Gasteiger partial charge in [-0.05, 0) is 98.2 Å². The van der Waals surface area contributed by atoms with Crippen molar-refractivity contribution >= 4 is 34.2 Å². The van der Waals surface area contributed by atoms with E-state index < -0.39 is 11.0 Å². The average Bonchev–Trinajstić information content (AvgIpc) is 3.03. The first-order valence-electron chi connectivity index (χ1n) is 13.7. The second-order valence-electron chi connectivity index (χ2n) is 11.3. The smallest absolute Gasteiger partial charge is 0.263 e. The fourth-order valence-corrected chi connectivity index (χ4v) is 7.75. The molecule has 0 radical (unpaired) electrons. The molecular weight excluding hydrogens is 520 g/mol. The SMILES string of the molecule is O=C1NS(=O)CC/C=C\CC(O)C2CCC2CN2CC3(CCCc4cc(Cl)ccc43)COc3ccc1cc32. The average molecular weight is 555 g/mol. The number of hydrogen-bond acceptors (Lipinski definition) is 5. The number of carbonyl (C=O) groups is 1. The Hall–Kier alpha value is -2.35. The topological polar surface area (TPSA) is 78.9 Å². The van der Waals surface area contributed by atoms with Crippen LogP contribution in [0.25, 0.3) is 0 Å². The number of rotatable bonds is 0. The largest absolute Gasteiger partial charge is 0.490 e. The van der Waals surface area contributed by atoms with Gasteiger partial charge in [0.25, 0.3) is 5.91 Å². The zero-order valence-electron chi connectivity index (χ0n) is 21.5. The van der Waals surface area contributed by atoms with E-state index >= 15 is 0 Å². The number of ether oxygens (including phenoxy) is 1. The van der Waals surface area contributed by atoms with Crippen molar-refractivity contribution in [1.29, 1.82) is 0 Å². The lowest BCUT2D eigenvalue weighted by Crippen LogP contribution is -2.49.